The van der Waals surface area contributed by atoms with Crippen LogP contribution in [0.2, 0.25) is 0 Å². The van der Waals surface area contributed by atoms with E-state index in [-0.39, 0.29) is 6.29 Å². The summed E-state index contributed by atoms with van der Waals surface area (Å²) in [6.45, 7) is 7.47. The van der Waals surface area contributed by atoms with Gasteiger partial charge in [0.2, 0.25) is 0 Å². The van der Waals surface area contributed by atoms with Crippen molar-refractivity contribution in [3.63, 3.8) is 0 Å². The van der Waals surface area contributed by atoms with Crippen molar-refractivity contribution >= 4 is 17.1 Å². The van der Waals surface area contributed by atoms with Gasteiger partial charge < -0.3 is 15.2 Å². The van der Waals surface area contributed by atoms with Gasteiger partial charge in [0.15, 0.2) is 6.29 Å². The summed E-state index contributed by atoms with van der Waals surface area (Å²) in [5.41, 5.74) is 1.07. The van der Waals surface area contributed by atoms with Crippen molar-refractivity contribution in [2.75, 3.05) is 32.7 Å². The standard InChI is InChI=1S/C13H25N5O2S/c1-3-4-5-14-12-10-11(2)15-13(16-12)17-6-8-18(9-7-17)21(19)20/h10,13,15H,3-9H2,1-2H3,(H,14,16)(H,19,20)/p-1. The van der Waals surface area contributed by atoms with Crippen molar-refractivity contribution < 1.29 is 8.76 Å². The normalized spacial score (nSPS) is 27.9. The largest absolute Gasteiger partial charge is 0.760 e. The Balaban J connectivity index is 1.91. The Labute approximate surface area is 128 Å². The van der Waals surface area contributed by atoms with Crippen LogP contribution in [0.5, 0.6) is 0 Å². The zero-order valence-electron chi connectivity index (χ0n) is 12.7. The molecule has 8 heteroatoms. The summed E-state index contributed by atoms with van der Waals surface area (Å²) >= 11 is -2.11. The molecule has 2 aliphatic heterocycles. The minimum Gasteiger partial charge on any atom is -0.760 e. The molecule has 0 radical (unpaired) electrons. The fourth-order valence-corrected chi connectivity index (χ4v) is 2.88. The molecule has 0 saturated carbocycles. The number of aliphatic imine (C=N–C) groups is 1. The molecule has 7 nitrogen and oxygen atoms in total. The number of hydrogen-bond acceptors (Lipinski definition) is 5. The SMILES string of the molecule is CCCCN=C1C=C(C)NC(N2CCN(S(=O)[O-])CC2)N1. The van der Waals surface area contributed by atoms with Gasteiger partial charge >= 0.3 is 0 Å². The van der Waals surface area contributed by atoms with Crippen LogP contribution in [0.25, 0.3) is 0 Å². The second kappa shape index (κ2) is 7.88. The van der Waals surface area contributed by atoms with Crippen LogP contribution in [0, 0.1) is 0 Å². The van der Waals surface area contributed by atoms with E-state index in [1.54, 1.807) is 0 Å². The minimum atomic E-state index is -2.11. The van der Waals surface area contributed by atoms with E-state index in [2.05, 4.69) is 27.4 Å². The molecule has 2 N–H and O–H groups in total. The van der Waals surface area contributed by atoms with Crippen molar-refractivity contribution in [1.29, 1.82) is 0 Å². The number of nitrogens with one attached hydrogen (secondary N) is 2. The van der Waals surface area contributed by atoms with Crippen LogP contribution in [0.4, 0.5) is 0 Å². The van der Waals surface area contributed by atoms with Crippen LogP contribution < -0.4 is 10.6 Å². The second-order valence-electron chi connectivity index (χ2n) is 5.32. The average molecular weight is 314 g/mol. The number of amidine groups is 1. The molecular weight excluding hydrogens is 290 g/mol. The highest BCUT2D eigenvalue weighted by atomic mass is 32.2. The van der Waals surface area contributed by atoms with Crippen LogP contribution in [-0.2, 0) is 11.3 Å². The van der Waals surface area contributed by atoms with E-state index in [4.69, 9.17) is 0 Å². The number of piperazine rings is 1. The molecule has 2 heterocycles. The lowest BCUT2D eigenvalue weighted by molar-refractivity contribution is 0.110. The zero-order chi connectivity index (χ0) is 15.2. The van der Waals surface area contributed by atoms with E-state index in [1.165, 1.54) is 4.31 Å². The quantitative estimate of drug-likeness (QED) is 0.550. The van der Waals surface area contributed by atoms with Crippen molar-refractivity contribution in [2.24, 2.45) is 4.99 Å². The van der Waals surface area contributed by atoms with Gasteiger partial charge in [-0.3, -0.25) is 14.1 Å². The maximum absolute atomic E-state index is 10.9. The van der Waals surface area contributed by atoms with E-state index in [9.17, 15) is 8.76 Å². The highest BCUT2D eigenvalue weighted by molar-refractivity contribution is 7.76. The first-order valence-corrected chi connectivity index (χ1v) is 8.47. The molecule has 0 aliphatic carbocycles. The van der Waals surface area contributed by atoms with Gasteiger partial charge in [-0.1, -0.05) is 13.3 Å². The lowest BCUT2D eigenvalue weighted by atomic mass is 10.3. The summed E-state index contributed by atoms with van der Waals surface area (Å²) in [5, 5.41) is 6.75. The number of hydrogen-bond donors (Lipinski definition) is 2. The molecule has 120 valence electrons. The summed E-state index contributed by atoms with van der Waals surface area (Å²) in [7, 11) is 0. The Bertz CT molecular complexity index is 432. The monoisotopic (exact) mass is 314 g/mol. The van der Waals surface area contributed by atoms with Crippen LogP contribution in [-0.4, -0.2) is 62.8 Å². The highest BCUT2D eigenvalue weighted by Crippen LogP contribution is 2.09. The fourth-order valence-electron chi connectivity index (χ4n) is 2.42. The predicted octanol–water partition coefficient (Wildman–Crippen LogP) is -0.0231. The molecule has 2 unspecified atom stereocenters. The van der Waals surface area contributed by atoms with Crippen LogP contribution in [0.15, 0.2) is 16.8 Å². The van der Waals surface area contributed by atoms with Gasteiger partial charge in [-0.15, -0.1) is 0 Å². The van der Waals surface area contributed by atoms with Gasteiger partial charge in [0.05, 0.1) is 0 Å². The highest BCUT2D eigenvalue weighted by Gasteiger charge is 2.26. The Kier molecular flexibility index (Phi) is 6.16. The predicted molar refractivity (Wildman–Crippen MR) is 83.1 cm³/mol. The molecule has 0 aromatic rings. The van der Waals surface area contributed by atoms with Gasteiger partial charge in [0.1, 0.15) is 5.84 Å². The van der Waals surface area contributed by atoms with Gasteiger partial charge in [0, 0.05) is 49.7 Å². The summed E-state index contributed by atoms with van der Waals surface area (Å²) in [5.74, 6) is 0.902. The van der Waals surface area contributed by atoms with Crippen molar-refractivity contribution in [2.45, 2.75) is 33.0 Å². The molecule has 2 rings (SSSR count). The number of allylic oxidation sites excluding steroid dienone is 1. The van der Waals surface area contributed by atoms with E-state index in [1.807, 2.05) is 13.0 Å². The van der Waals surface area contributed by atoms with Crippen LogP contribution >= 0.6 is 0 Å². The van der Waals surface area contributed by atoms with Gasteiger partial charge in [0.25, 0.3) is 0 Å². The molecule has 2 aliphatic rings. The first-order valence-electron chi connectivity index (χ1n) is 7.44. The smallest absolute Gasteiger partial charge is 0.156 e. The molecule has 0 aromatic carbocycles. The van der Waals surface area contributed by atoms with E-state index >= 15 is 0 Å². The topological polar surface area (TPSA) is 83.0 Å². The molecule has 2 atom stereocenters. The number of nitrogens with zero attached hydrogens (tertiary/aromatic N) is 3. The second-order valence-corrected chi connectivity index (χ2v) is 6.27. The zero-order valence-corrected chi connectivity index (χ0v) is 13.5. The Hall–Kier alpha value is -0.960. The third-order valence-electron chi connectivity index (χ3n) is 3.65. The van der Waals surface area contributed by atoms with Gasteiger partial charge in [-0.25, -0.2) is 4.31 Å². The third-order valence-corrected chi connectivity index (χ3v) is 4.43. The van der Waals surface area contributed by atoms with Gasteiger partial charge in [-0.05, 0) is 19.4 Å². The molecule has 1 saturated heterocycles. The molecule has 1 fully saturated rings. The number of unbranched alkanes of at least 4 members (excludes halogenated alkanes) is 1. The van der Waals surface area contributed by atoms with E-state index < -0.39 is 11.3 Å². The molecule has 0 bridgehead atoms. The Morgan fingerprint density at radius 1 is 1.38 bits per heavy atom. The Morgan fingerprint density at radius 3 is 2.71 bits per heavy atom. The van der Waals surface area contributed by atoms with Crippen molar-refractivity contribution in [3.8, 4) is 0 Å². The van der Waals surface area contributed by atoms with Crippen molar-refractivity contribution in [1.82, 2.24) is 19.8 Å². The minimum absolute atomic E-state index is 0.0161. The first kappa shape index (κ1) is 16.4. The summed E-state index contributed by atoms with van der Waals surface area (Å²) in [4.78, 5) is 6.77. The maximum Gasteiger partial charge on any atom is 0.156 e. The average Bonchev–Trinajstić information content (AvgIpc) is 2.47. The fraction of sp³-hybridized carbons (Fsp3) is 0.769. The lowest BCUT2D eigenvalue weighted by Gasteiger charge is -2.41. The first-order chi connectivity index (χ1) is 10.1. The maximum atomic E-state index is 10.9. The summed E-state index contributed by atoms with van der Waals surface area (Å²) in [6, 6.07) is 0. The molecule has 0 amide bonds. The number of rotatable bonds is 5. The van der Waals surface area contributed by atoms with Crippen LogP contribution in [0.1, 0.15) is 26.7 Å². The lowest BCUT2D eigenvalue weighted by Crippen LogP contribution is -2.62. The Morgan fingerprint density at radius 2 is 2.10 bits per heavy atom. The summed E-state index contributed by atoms with van der Waals surface area (Å²) < 4.78 is 23.3. The molecule has 0 spiro atoms. The molecular formula is C13H24N5O2S-. The molecule has 21 heavy (non-hydrogen) atoms. The third kappa shape index (κ3) is 4.77. The molecule has 0 aromatic heterocycles. The van der Waals surface area contributed by atoms with E-state index in [0.29, 0.717) is 26.2 Å². The summed E-state index contributed by atoms with van der Waals surface area (Å²) in [6.07, 6.45) is 4.21. The van der Waals surface area contributed by atoms with Gasteiger partial charge in [-0.2, -0.15) is 0 Å². The van der Waals surface area contributed by atoms with E-state index in [0.717, 1.165) is 30.9 Å². The van der Waals surface area contributed by atoms with Crippen molar-refractivity contribution in [3.05, 3.63) is 11.8 Å². The van der Waals surface area contributed by atoms with Crippen LogP contribution in [0.3, 0.4) is 0 Å².